The lowest BCUT2D eigenvalue weighted by Gasteiger charge is -2.11. The van der Waals surface area contributed by atoms with Crippen LogP contribution < -0.4 is 9.47 Å². The third-order valence-corrected chi connectivity index (χ3v) is 4.89. The predicted octanol–water partition coefficient (Wildman–Crippen LogP) is 4.72. The van der Waals surface area contributed by atoms with Crippen molar-refractivity contribution in [2.24, 2.45) is 5.16 Å². The Bertz CT molecular complexity index is 1190. The second-order valence-corrected chi connectivity index (χ2v) is 7.28. The number of rotatable bonds is 11. The van der Waals surface area contributed by atoms with E-state index in [4.69, 9.17) is 24.7 Å². The molecule has 3 aromatic carbocycles. The molecule has 3 rings (SSSR count). The molecule has 0 spiro atoms. The number of aryl methyl sites for hydroxylation is 1. The van der Waals surface area contributed by atoms with Crippen LogP contribution >= 0.6 is 0 Å². The van der Waals surface area contributed by atoms with Crippen molar-refractivity contribution in [3.8, 4) is 17.6 Å². The lowest BCUT2D eigenvalue weighted by atomic mass is 10.1. The van der Waals surface area contributed by atoms with Gasteiger partial charge in [0.25, 0.3) is 0 Å². The van der Waals surface area contributed by atoms with Crippen LogP contribution in [0.2, 0.25) is 0 Å². The first-order valence-corrected chi connectivity index (χ1v) is 10.4. The topological polar surface area (TPSA) is 101 Å². The van der Waals surface area contributed by atoms with Crippen LogP contribution in [-0.2, 0) is 22.7 Å². The highest BCUT2D eigenvalue weighted by Gasteiger charge is 2.09. The van der Waals surface area contributed by atoms with Gasteiger partial charge in [-0.05, 0) is 47.9 Å². The molecule has 0 heterocycles. The summed E-state index contributed by atoms with van der Waals surface area (Å²) in [4.78, 5) is 15.6. The largest absolute Gasteiger partial charge is 0.489 e. The lowest BCUT2D eigenvalue weighted by Crippen LogP contribution is -2.13. The van der Waals surface area contributed by atoms with Gasteiger partial charge in [-0.3, -0.25) is 4.79 Å². The number of hydrogen-bond acceptors (Lipinski definition) is 6. The fraction of sp³-hybridized carbons (Fsp3) is 0.192. The number of oxime groups is 1. The third-order valence-electron chi connectivity index (χ3n) is 4.89. The Morgan fingerprint density at radius 1 is 1.03 bits per heavy atom. The molecule has 8 heteroatoms. The van der Waals surface area contributed by atoms with Crippen molar-refractivity contribution in [2.45, 2.75) is 19.4 Å². The number of nitriles is 1. The number of carboxylic acids is 1. The summed E-state index contributed by atoms with van der Waals surface area (Å²) >= 11 is 0. The van der Waals surface area contributed by atoms with Gasteiger partial charge in [0.2, 0.25) is 0 Å². The second-order valence-electron chi connectivity index (χ2n) is 7.28. The van der Waals surface area contributed by atoms with E-state index in [9.17, 15) is 9.18 Å². The summed E-state index contributed by atoms with van der Waals surface area (Å²) < 4.78 is 25.6. The number of carbonyl (C=O) groups is 1. The van der Waals surface area contributed by atoms with Gasteiger partial charge in [0.05, 0.1) is 11.6 Å². The van der Waals surface area contributed by atoms with Crippen molar-refractivity contribution in [1.29, 1.82) is 5.26 Å². The lowest BCUT2D eigenvalue weighted by molar-refractivity contribution is -0.136. The van der Waals surface area contributed by atoms with E-state index in [1.807, 2.05) is 12.1 Å². The van der Waals surface area contributed by atoms with Gasteiger partial charge >= 0.3 is 5.97 Å². The highest BCUT2D eigenvalue weighted by Crippen LogP contribution is 2.20. The van der Waals surface area contributed by atoms with E-state index in [0.717, 1.165) is 11.1 Å². The fourth-order valence-corrected chi connectivity index (χ4v) is 3.07. The van der Waals surface area contributed by atoms with Crippen molar-refractivity contribution in [3.05, 3.63) is 94.8 Å². The summed E-state index contributed by atoms with van der Waals surface area (Å²) in [6.07, 6.45) is 0.00270. The van der Waals surface area contributed by atoms with E-state index in [1.54, 1.807) is 42.5 Å². The van der Waals surface area contributed by atoms with Crippen LogP contribution in [0.15, 0.2) is 71.9 Å². The summed E-state index contributed by atoms with van der Waals surface area (Å²) in [7, 11) is 1.45. The maximum Gasteiger partial charge on any atom is 0.303 e. The van der Waals surface area contributed by atoms with E-state index in [0.29, 0.717) is 28.3 Å². The molecular formula is C26H23FN2O5. The minimum absolute atomic E-state index is 0.127. The predicted molar refractivity (Wildman–Crippen MR) is 123 cm³/mol. The Kier molecular flexibility index (Phi) is 8.58. The Balaban J connectivity index is 1.54. The Hall–Kier alpha value is -4.38. The first-order chi connectivity index (χ1) is 16.5. The molecule has 1 N–H and O–H groups in total. The molecule has 0 bridgehead atoms. The standard InChI is InChI=1S/C26H23FN2O5/c1-32-29-25(21-6-2-18(15-28)3-7-21)17-34-22-10-4-19(5-11-22)16-33-23-12-8-20(24(27)14-23)9-13-26(30)31/h2-8,10-12,14H,9,13,16-17H2,1H3,(H,30,31)/b29-25+. The number of carboxylic acid groups (broad SMARTS) is 1. The molecule has 0 aliphatic carbocycles. The Morgan fingerprint density at radius 3 is 2.35 bits per heavy atom. The minimum Gasteiger partial charge on any atom is -0.489 e. The zero-order valence-electron chi connectivity index (χ0n) is 18.5. The number of benzene rings is 3. The molecule has 0 saturated heterocycles. The highest BCUT2D eigenvalue weighted by molar-refractivity contribution is 6.01. The van der Waals surface area contributed by atoms with E-state index in [-0.39, 0.29) is 26.1 Å². The van der Waals surface area contributed by atoms with Gasteiger partial charge in [-0.2, -0.15) is 5.26 Å². The average Bonchev–Trinajstić information content (AvgIpc) is 2.85. The molecule has 0 atom stereocenters. The van der Waals surface area contributed by atoms with Crippen LogP contribution in [0.1, 0.15) is 28.7 Å². The van der Waals surface area contributed by atoms with E-state index >= 15 is 0 Å². The quantitative estimate of drug-likeness (QED) is 0.327. The zero-order valence-corrected chi connectivity index (χ0v) is 18.5. The summed E-state index contributed by atoms with van der Waals surface area (Å²) in [5.41, 5.74) is 3.12. The second kappa shape index (κ2) is 12.0. The molecule has 0 aliphatic heterocycles. The van der Waals surface area contributed by atoms with Gasteiger partial charge in [-0.15, -0.1) is 0 Å². The highest BCUT2D eigenvalue weighted by atomic mass is 19.1. The number of halogens is 1. The number of aliphatic carboxylic acids is 1. The molecule has 0 aliphatic rings. The number of ether oxygens (including phenoxy) is 2. The average molecular weight is 462 g/mol. The van der Waals surface area contributed by atoms with Crippen molar-refractivity contribution in [3.63, 3.8) is 0 Å². The summed E-state index contributed by atoms with van der Waals surface area (Å²) in [5.74, 6) is -0.475. The normalized spacial score (nSPS) is 10.9. The van der Waals surface area contributed by atoms with Crippen LogP contribution in [0, 0.1) is 17.1 Å². The van der Waals surface area contributed by atoms with Gasteiger partial charge < -0.3 is 19.4 Å². The minimum atomic E-state index is -0.969. The fourth-order valence-electron chi connectivity index (χ4n) is 3.07. The molecule has 34 heavy (non-hydrogen) atoms. The number of nitrogens with zero attached hydrogens (tertiary/aromatic N) is 2. The molecule has 0 saturated carbocycles. The van der Waals surface area contributed by atoms with Crippen molar-refractivity contribution < 1.29 is 28.6 Å². The molecule has 0 fully saturated rings. The molecule has 0 amide bonds. The van der Waals surface area contributed by atoms with Crippen LogP contribution in [0.4, 0.5) is 4.39 Å². The smallest absolute Gasteiger partial charge is 0.303 e. The maximum absolute atomic E-state index is 14.1. The van der Waals surface area contributed by atoms with E-state index < -0.39 is 11.8 Å². The molecule has 0 aromatic heterocycles. The number of hydrogen-bond donors (Lipinski definition) is 1. The third kappa shape index (κ3) is 7.07. The van der Waals surface area contributed by atoms with E-state index in [2.05, 4.69) is 11.2 Å². The monoisotopic (exact) mass is 462 g/mol. The summed E-state index contributed by atoms with van der Waals surface area (Å²) in [6, 6.07) is 20.7. The van der Waals surface area contributed by atoms with Crippen LogP contribution in [0.25, 0.3) is 0 Å². The Morgan fingerprint density at radius 2 is 1.74 bits per heavy atom. The zero-order chi connectivity index (χ0) is 24.3. The molecule has 7 nitrogen and oxygen atoms in total. The molecule has 0 unspecified atom stereocenters. The van der Waals surface area contributed by atoms with Gasteiger partial charge in [-0.1, -0.05) is 35.5 Å². The van der Waals surface area contributed by atoms with Crippen LogP contribution in [-0.4, -0.2) is 30.5 Å². The van der Waals surface area contributed by atoms with Crippen molar-refractivity contribution in [1.82, 2.24) is 0 Å². The van der Waals surface area contributed by atoms with Gasteiger partial charge in [-0.25, -0.2) is 4.39 Å². The first-order valence-electron chi connectivity index (χ1n) is 10.4. The summed E-state index contributed by atoms with van der Waals surface area (Å²) in [6.45, 7) is 0.402. The molecular weight excluding hydrogens is 439 g/mol. The van der Waals surface area contributed by atoms with E-state index in [1.165, 1.54) is 19.2 Å². The van der Waals surface area contributed by atoms with Crippen molar-refractivity contribution >= 4 is 11.7 Å². The van der Waals surface area contributed by atoms with Crippen LogP contribution in [0.5, 0.6) is 11.5 Å². The van der Waals surface area contributed by atoms with Crippen molar-refractivity contribution in [2.75, 3.05) is 13.7 Å². The Labute approximate surface area is 196 Å². The van der Waals surface area contributed by atoms with Gasteiger partial charge in [0, 0.05) is 18.1 Å². The maximum atomic E-state index is 14.1. The molecule has 3 aromatic rings. The van der Waals surface area contributed by atoms with Gasteiger partial charge in [0.15, 0.2) is 0 Å². The van der Waals surface area contributed by atoms with Crippen LogP contribution in [0.3, 0.4) is 0 Å². The summed E-state index contributed by atoms with van der Waals surface area (Å²) in [5, 5.41) is 21.7. The molecule has 174 valence electrons. The molecule has 0 radical (unpaired) electrons. The van der Waals surface area contributed by atoms with Gasteiger partial charge in [0.1, 0.15) is 43.4 Å². The first kappa shape index (κ1) is 24.3. The SMILES string of the molecule is CO/N=C(\COc1ccc(COc2ccc(CCC(=O)O)c(F)c2)cc1)c1ccc(C#N)cc1.